The largest absolute Gasteiger partial charge is 0.357 e. The minimum absolute atomic E-state index is 0.0430. The Bertz CT molecular complexity index is 653. The second-order valence-electron chi connectivity index (χ2n) is 6.16. The quantitative estimate of drug-likeness (QED) is 0.417. The molecule has 1 fully saturated rings. The maximum Gasteiger partial charge on any atom is 0.213 e. The van der Waals surface area contributed by atoms with Crippen molar-refractivity contribution in [1.82, 2.24) is 20.3 Å². The van der Waals surface area contributed by atoms with E-state index in [-0.39, 0.29) is 5.75 Å². The molecule has 1 saturated carbocycles. The van der Waals surface area contributed by atoms with Crippen LogP contribution in [0.1, 0.15) is 43.0 Å². The summed E-state index contributed by atoms with van der Waals surface area (Å²) in [6, 6.07) is 0. The van der Waals surface area contributed by atoms with Gasteiger partial charge in [0.15, 0.2) is 5.96 Å². The summed E-state index contributed by atoms with van der Waals surface area (Å²) in [5, 5.41) is 7.17. The van der Waals surface area contributed by atoms with Crippen LogP contribution in [0, 0.1) is 5.92 Å². The molecule has 0 spiro atoms. The third-order valence-corrected chi connectivity index (χ3v) is 6.62. The van der Waals surface area contributed by atoms with Crippen LogP contribution >= 0.6 is 11.3 Å². The Hall–Kier alpha value is -1.19. The van der Waals surface area contributed by atoms with Crippen LogP contribution in [0.3, 0.4) is 0 Å². The molecular weight excluding hydrogens is 358 g/mol. The fourth-order valence-electron chi connectivity index (χ4n) is 2.39. The van der Waals surface area contributed by atoms with Gasteiger partial charge in [0.2, 0.25) is 10.0 Å². The highest BCUT2D eigenvalue weighted by molar-refractivity contribution is 7.89. The van der Waals surface area contributed by atoms with Crippen molar-refractivity contribution < 1.29 is 8.42 Å². The highest BCUT2D eigenvalue weighted by Gasteiger charge is 2.20. The van der Waals surface area contributed by atoms with Crippen molar-refractivity contribution in [2.75, 3.05) is 25.4 Å². The number of sulfonamides is 1. The maximum absolute atomic E-state index is 12.0. The molecule has 3 N–H and O–H groups in total. The number of thiazole rings is 1. The molecule has 0 radical (unpaired) electrons. The van der Waals surface area contributed by atoms with Crippen LogP contribution in [0.15, 0.2) is 11.2 Å². The summed E-state index contributed by atoms with van der Waals surface area (Å²) in [4.78, 5) is 10.1. The smallest absolute Gasteiger partial charge is 0.213 e. The van der Waals surface area contributed by atoms with Gasteiger partial charge in [0.1, 0.15) is 5.01 Å². The number of aliphatic imine (C=N–C) groups is 1. The molecule has 1 heterocycles. The van der Waals surface area contributed by atoms with Gasteiger partial charge in [0, 0.05) is 30.7 Å². The van der Waals surface area contributed by atoms with Gasteiger partial charge in [-0.2, -0.15) is 0 Å². The summed E-state index contributed by atoms with van der Waals surface area (Å²) >= 11 is 1.66. The van der Waals surface area contributed by atoms with Crippen LogP contribution in [-0.4, -0.2) is 44.7 Å². The molecule has 0 aliphatic heterocycles. The molecule has 1 aromatic rings. The van der Waals surface area contributed by atoms with Crippen molar-refractivity contribution >= 4 is 27.3 Å². The van der Waals surface area contributed by atoms with E-state index in [1.54, 1.807) is 11.3 Å². The summed E-state index contributed by atoms with van der Waals surface area (Å²) in [7, 11) is -3.24. The number of nitrogens with one attached hydrogen (secondary N) is 3. The first-order valence-corrected chi connectivity index (χ1v) is 11.4. The molecule has 0 aromatic carbocycles. The minimum Gasteiger partial charge on any atom is -0.357 e. The van der Waals surface area contributed by atoms with Crippen LogP contribution < -0.4 is 15.4 Å². The lowest BCUT2D eigenvalue weighted by Crippen LogP contribution is -2.42. The molecule has 0 bridgehead atoms. The summed E-state index contributed by atoms with van der Waals surface area (Å²) in [5.74, 6) is 1.18. The lowest BCUT2D eigenvalue weighted by molar-refractivity contribution is 0.316. The molecule has 1 aliphatic rings. The lowest BCUT2D eigenvalue weighted by Gasteiger charge is -2.25. The molecule has 7 nitrogen and oxygen atoms in total. The highest BCUT2D eigenvalue weighted by atomic mass is 32.2. The average Bonchev–Trinajstić information content (AvgIpc) is 2.99. The molecule has 1 aromatic heterocycles. The molecule has 1 aliphatic carbocycles. The first-order valence-electron chi connectivity index (χ1n) is 8.95. The fourth-order valence-corrected chi connectivity index (χ4v) is 4.18. The monoisotopic (exact) mass is 387 g/mol. The molecule has 25 heavy (non-hydrogen) atoms. The Morgan fingerprint density at radius 3 is 2.76 bits per heavy atom. The van der Waals surface area contributed by atoms with Crippen LogP contribution in [0.2, 0.25) is 0 Å². The SMILES string of the molecule is CCNC(=NCc1ncc(CC)s1)NCCS(=O)(=O)NCC1CCC1. The molecule has 0 amide bonds. The summed E-state index contributed by atoms with van der Waals surface area (Å²) in [5.41, 5.74) is 0. The number of guanidine groups is 1. The predicted molar refractivity (Wildman–Crippen MR) is 103 cm³/mol. The van der Waals surface area contributed by atoms with Crippen LogP contribution in [0.25, 0.3) is 0 Å². The molecular formula is C16H29N5O2S2. The van der Waals surface area contributed by atoms with Gasteiger partial charge >= 0.3 is 0 Å². The van der Waals surface area contributed by atoms with Gasteiger partial charge in [-0.05, 0) is 32.1 Å². The van der Waals surface area contributed by atoms with Gasteiger partial charge in [-0.1, -0.05) is 13.3 Å². The van der Waals surface area contributed by atoms with Crippen LogP contribution in [0.4, 0.5) is 0 Å². The zero-order valence-corrected chi connectivity index (χ0v) is 16.7. The highest BCUT2D eigenvalue weighted by Crippen LogP contribution is 2.25. The number of rotatable bonds is 10. The first-order chi connectivity index (χ1) is 12.0. The predicted octanol–water partition coefficient (Wildman–Crippen LogP) is 1.48. The van der Waals surface area contributed by atoms with Gasteiger partial charge in [0.25, 0.3) is 0 Å². The summed E-state index contributed by atoms with van der Waals surface area (Å²) in [6.45, 7) is 6.19. The Morgan fingerprint density at radius 2 is 2.16 bits per heavy atom. The van der Waals surface area contributed by atoms with Crippen molar-refractivity contribution in [3.63, 3.8) is 0 Å². The van der Waals surface area contributed by atoms with Crippen molar-refractivity contribution in [2.45, 2.75) is 46.1 Å². The molecule has 0 atom stereocenters. The van der Waals surface area contributed by atoms with Crippen molar-refractivity contribution in [1.29, 1.82) is 0 Å². The Labute approximate surface area is 154 Å². The summed E-state index contributed by atoms with van der Waals surface area (Å²) in [6.07, 6.45) is 6.35. The molecule has 2 rings (SSSR count). The zero-order chi connectivity index (χ0) is 18.1. The normalized spacial score (nSPS) is 15.8. The number of aromatic nitrogens is 1. The van der Waals surface area contributed by atoms with Crippen molar-refractivity contribution in [2.24, 2.45) is 10.9 Å². The van der Waals surface area contributed by atoms with E-state index in [9.17, 15) is 8.42 Å². The van der Waals surface area contributed by atoms with Crippen molar-refractivity contribution in [3.8, 4) is 0 Å². The Balaban J connectivity index is 1.76. The number of hydrogen-bond acceptors (Lipinski definition) is 5. The minimum atomic E-state index is -3.24. The molecule has 0 saturated heterocycles. The third-order valence-electron chi connectivity index (χ3n) is 4.15. The zero-order valence-electron chi connectivity index (χ0n) is 15.0. The second kappa shape index (κ2) is 10.1. The van der Waals surface area contributed by atoms with E-state index >= 15 is 0 Å². The van der Waals surface area contributed by atoms with Crippen molar-refractivity contribution in [3.05, 3.63) is 16.1 Å². The maximum atomic E-state index is 12.0. The number of aryl methyl sites for hydroxylation is 1. The lowest BCUT2D eigenvalue weighted by atomic mass is 9.86. The Kier molecular flexibility index (Phi) is 8.11. The first kappa shape index (κ1) is 20.1. The van der Waals surface area contributed by atoms with Gasteiger partial charge in [-0.3, -0.25) is 0 Å². The number of nitrogens with zero attached hydrogens (tertiary/aromatic N) is 2. The Morgan fingerprint density at radius 1 is 1.36 bits per heavy atom. The van der Waals surface area contributed by atoms with Gasteiger partial charge in [-0.15, -0.1) is 11.3 Å². The second-order valence-corrected chi connectivity index (χ2v) is 9.29. The number of hydrogen-bond donors (Lipinski definition) is 3. The van der Waals surface area contributed by atoms with Gasteiger partial charge in [-0.25, -0.2) is 23.1 Å². The molecule has 0 unspecified atom stereocenters. The van der Waals surface area contributed by atoms with E-state index in [1.165, 1.54) is 11.3 Å². The van der Waals surface area contributed by atoms with E-state index in [4.69, 9.17) is 0 Å². The standard InChI is InChI=1S/C16H29N5O2S2/c1-3-14-11-19-15(24-14)12-20-16(17-4-2)18-8-9-25(22,23)21-10-13-6-5-7-13/h11,13,21H,3-10,12H2,1-2H3,(H2,17,18,20). The summed E-state index contributed by atoms with van der Waals surface area (Å²) < 4.78 is 26.7. The van der Waals surface area contributed by atoms with E-state index < -0.39 is 10.0 Å². The average molecular weight is 388 g/mol. The van der Waals surface area contributed by atoms with E-state index in [1.807, 2.05) is 13.1 Å². The van der Waals surface area contributed by atoms with E-state index in [2.05, 4.69) is 32.3 Å². The molecule has 9 heteroatoms. The van der Waals surface area contributed by atoms with Crippen LogP contribution in [0.5, 0.6) is 0 Å². The van der Waals surface area contributed by atoms with Crippen LogP contribution in [-0.2, 0) is 23.0 Å². The van der Waals surface area contributed by atoms with E-state index in [0.29, 0.717) is 31.5 Å². The fraction of sp³-hybridized carbons (Fsp3) is 0.750. The van der Waals surface area contributed by atoms with Gasteiger partial charge < -0.3 is 10.6 Å². The molecule has 142 valence electrons. The third kappa shape index (κ3) is 7.29. The van der Waals surface area contributed by atoms with E-state index in [0.717, 1.165) is 30.8 Å². The topological polar surface area (TPSA) is 95.5 Å². The van der Waals surface area contributed by atoms with Gasteiger partial charge in [0.05, 0.1) is 12.3 Å².